The Bertz CT molecular complexity index is 570. The predicted octanol–water partition coefficient (Wildman–Crippen LogP) is 4.64. The van der Waals surface area contributed by atoms with Crippen molar-refractivity contribution in [1.82, 2.24) is 9.97 Å². The molecule has 100 valence electrons. The molecule has 0 aliphatic carbocycles. The maximum Gasteiger partial charge on any atom is 0.161 e. The quantitative estimate of drug-likeness (QED) is 0.716. The molecular weight excluding hydrogens is 417 g/mol. The summed E-state index contributed by atoms with van der Waals surface area (Å²) in [7, 11) is 0. The highest BCUT2D eigenvalue weighted by Gasteiger charge is 2.10. The van der Waals surface area contributed by atoms with E-state index in [9.17, 15) is 0 Å². The molecule has 1 heterocycles. The molecule has 0 bridgehead atoms. The van der Waals surface area contributed by atoms with E-state index in [1.165, 1.54) is 0 Å². The molecular formula is C14H15BrIN3. The highest BCUT2D eigenvalue weighted by Crippen LogP contribution is 2.24. The Labute approximate surface area is 135 Å². The summed E-state index contributed by atoms with van der Waals surface area (Å²) in [6, 6.07) is 8.06. The molecule has 1 N–H and O–H groups in total. The number of hydrogen-bond acceptors (Lipinski definition) is 3. The van der Waals surface area contributed by atoms with Gasteiger partial charge in [-0.15, -0.1) is 0 Å². The van der Waals surface area contributed by atoms with Gasteiger partial charge in [-0.05, 0) is 48.1 Å². The first-order valence-electron chi connectivity index (χ1n) is 6.15. The first kappa shape index (κ1) is 14.7. The number of rotatable bonds is 4. The number of aryl methyl sites for hydroxylation is 1. The Hall–Kier alpha value is -0.690. The molecule has 0 fully saturated rings. The summed E-state index contributed by atoms with van der Waals surface area (Å²) in [5, 5.41) is 3.36. The zero-order valence-corrected chi connectivity index (χ0v) is 14.6. The average molecular weight is 432 g/mol. The molecule has 0 atom stereocenters. The molecule has 0 aliphatic rings. The summed E-state index contributed by atoms with van der Waals surface area (Å²) in [5.41, 5.74) is 2.04. The van der Waals surface area contributed by atoms with E-state index in [2.05, 4.69) is 60.7 Å². The highest BCUT2D eigenvalue weighted by molar-refractivity contribution is 14.1. The largest absolute Gasteiger partial charge is 0.369 e. The van der Waals surface area contributed by atoms with Gasteiger partial charge in [0.25, 0.3) is 0 Å². The van der Waals surface area contributed by atoms with Crippen molar-refractivity contribution in [3.05, 3.63) is 38.0 Å². The third-order valence-electron chi connectivity index (χ3n) is 2.66. The zero-order valence-electron chi connectivity index (χ0n) is 10.9. The lowest BCUT2D eigenvalue weighted by Crippen LogP contribution is -2.07. The number of aromatic nitrogens is 2. The highest BCUT2D eigenvalue weighted by atomic mass is 127. The Morgan fingerprint density at radius 1 is 1.21 bits per heavy atom. The molecule has 19 heavy (non-hydrogen) atoms. The lowest BCUT2D eigenvalue weighted by molar-refractivity contribution is 0.958. The van der Waals surface area contributed by atoms with E-state index in [1.807, 2.05) is 31.2 Å². The molecule has 2 aromatic rings. The monoisotopic (exact) mass is 431 g/mol. The Morgan fingerprint density at radius 2 is 1.89 bits per heavy atom. The molecule has 0 saturated heterocycles. The van der Waals surface area contributed by atoms with Crippen LogP contribution in [0.5, 0.6) is 0 Å². The van der Waals surface area contributed by atoms with Gasteiger partial charge in [-0.2, -0.15) is 0 Å². The van der Waals surface area contributed by atoms with Gasteiger partial charge in [0, 0.05) is 16.6 Å². The SMILES string of the molecule is CCCNc1nc(-c2ccc(Br)cc2)nc(C)c1I. The van der Waals surface area contributed by atoms with Gasteiger partial charge in [0.15, 0.2) is 5.82 Å². The third kappa shape index (κ3) is 3.66. The van der Waals surface area contributed by atoms with E-state index < -0.39 is 0 Å². The van der Waals surface area contributed by atoms with Crippen molar-refractivity contribution in [3.63, 3.8) is 0 Å². The van der Waals surface area contributed by atoms with E-state index in [0.29, 0.717) is 0 Å². The van der Waals surface area contributed by atoms with Crippen molar-refractivity contribution >= 4 is 44.3 Å². The average Bonchev–Trinajstić information content (AvgIpc) is 2.41. The van der Waals surface area contributed by atoms with Crippen LogP contribution in [0.4, 0.5) is 5.82 Å². The maximum atomic E-state index is 4.63. The Balaban J connectivity index is 2.40. The standard InChI is InChI=1S/C14H15BrIN3/c1-3-8-17-14-12(16)9(2)18-13(19-14)10-4-6-11(15)7-5-10/h4-7H,3,8H2,1-2H3,(H,17,18,19). The summed E-state index contributed by atoms with van der Waals surface area (Å²) >= 11 is 5.73. The molecule has 3 nitrogen and oxygen atoms in total. The normalized spacial score (nSPS) is 10.5. The minimum atomic E-state index is 0.768. The number of benzene rings is 1. The van der Waals surface area contributed by atoms with Crippen molar-refractivity contribution < 1.29 is 0 Å². The Kier molecular flexibility index (Phi) is 5.15. The van der Waals surface area contributed by atoms with Crippen LogP contribution >= 0.6 is 38.5 Å². The second-order valence-electron chi connectivity index (χ2n) is 4.23. The topological polar surface area (TPSA) is 37.8 Å². The van der Waals surface area contributed by atoms with Crippen LogP contribution in [0.3, 0.4) is 0 Å². The van der Waals surface area contributed by atoms with Crippen molar-refractivity contribution in [2.24, 2.45) is 0 Å². The molecule has 0 radical (unpaired) electrons. The summed E-state index contributed by atoms with van der Waals surface area (Å²) in [6.45, 7) is 5.08. The third-order valence-corrected chi connectivity index (χ3v) is 4.48. The molecule has 0 aliphatic heterocycles. The van der Waals surface area contributed by atoms with E-state index >= 15 is 0 Å². The lowest BCUT2D eigenvalue weighted by Gasteiger charge is -2.10. The number of nitrogens with zero attached hydrogens (tertiary/aromatic N) is 2. The smallest absolute Gasteiger partial charge is 0.161 e. The summed E-state index contributed by atoms with van der Waals surface area (Å²) in [6.07, 6.45) is 1.08. The van der Waals surface area contributed by atoms with Gasteiger partial charge >= 0.3 is 0 Å². The summed E-state index contributed by atoms with van der Waals surface area (Å²) in [4.78, 5) is 9.19. The first-order chi connectivity index (χ1) is 9.11. The Morgan fingerprint density at radius 3 is 2.53 bits per heavy atom. The molecule has 2 rings (SSSR count). The van der Waals surface area contributed by atoms with Crippen molar-refractivity contribution in [2.75, 3.05) is 11.9 Å². The van der Waals surface area contributed by atoms with Gasteiger partial charge in [-0.25, -0.2) is 9.97 Å². The minimum absolute atomic E-state index is 0.768. The number of hydrogen-bond donors (Lipinski definition) is 1. The van der Waals surface area contributed by atoms with E-state index in [0.717, 1.165) is 43.9 Å². The summed E-state index contributed by atoms with van der Waals surface area (Å²) in [5.74, 6) is 1.69. The fraction of sp³-hybridized carbons (Fsp3) is 0.286. The van der Waals surface area contributed by atoms with E-state index in [1.54, 1.807) is 0 Å². The molecule has 5 heteroatoms. The van der Waals surface area contributed by atoms with Crippen LogP contribution in [0.2, 0.25) is 0 Å². The second-order valence-corrected chi connectivity index (χ2v) is 6.22. The van der Waals surface area contributed by atoms with Crippen molar-refractivity contribution in [3.8, 4) is 11.4 Å². The van der Waals surface area contributed by atoms with Gasteiger partial charge in [-0.3, -0.25) is 0 Å². The van der Waals surface area contributed by atoms with E-state index in [4.69, 9.17) is 0 Å². The first-order valence-corrected chi connectivity index (χ1v) is 8.03. The zero-order chi connectivity index (χ0) is 13.8. The predicted molar refractivity (Wildman–Crippen MR) is 91.4 cm³/mol. The van der Waals surface area contributed by atoms with E-state index in [-0.39, 0.29) is 0 Å². The van der Waals surface area contributed by atoms with Gasteiger partial charge in [0.2, 0.25) is 0 Å². The molecule has 1 aromatic heterocycles. The lowest BCUT2D eigenvalue weighted by atomic mass is 10.2. The van der Waals surface area contributed by atoms with Crippen LogP contribution in [0, 0.1) is 10.5 Å². The van der Waals surface area contributed by atoms with Crippen LogP contribution in [-0.2, 0) is 0 Å². The van der Waals surface area contributed by atoms with Crippen molar-refractivity contribution in [2.45, 2.75) is 20.3 Å². The van der Waals surface area contributed by atoms with Crippen LogP contribution in [-0.4, -0.2) is 16.5 Å². The van der Waals surface area contributed by atoms with Crippen LogP contribution in [0.25, 0.3) is 11.4 Å². The van der Waals surface area contributed by atoms with Gasteiger partial charge in [-0.1, -0.05) is 35.0 Å². The molecule has 0 amide bonds. The molecule has 1 aromatic carbocycles. The fourth-order valence-corrected chi connectivity index (χ4v) is 2.34. The number of anilines is 1. The second kappa shape index (κ2) is 6.65. The fourth-order valence-electron chi connectivity index (χ4n) is 1.65. The van der Waals surface area contributed by atoms with Crippen LogP contribution in [0.15, 0.2) is 28.7 Å². The van der Waals surface area contributed by atoms with Crippen LogP contribution in [0.1, 0.15) is 19.0 Å². The minimum Gasteiger partial charge on any atom is -0.369 e. The van der Waals surface area contributed by atoms with Gasteiger partial charge < -0.3 is 5.32 Å². The van der Waals surface area contributed by atoms with Gasteiger partial charge in [0.05, 0.1) is 9.26 Å². The van der Waals surface area contributed by atoms with Crippen molar-refractivity contribution in [1.29, 1.82) is 0 Å². The summed E-state index contributed by atoms with van der Waals surface area (Å²) < 4.78 is 2.15. The number of halogens is 2. The number of nitrogens with one attached hydrogen (secondary N) is 1. The molecule has 0 saturated carbocycles. The maximum absolute atomic E-state index is 4.63. The molecule has 0 spiro atoms. The van der Waals surface area contributed by atoms with Gasteiger partial charge in [0.1, 0.15) is 5.82 Å². The molecule has 0 unspecified atom stereocenters. The van der Waals surface area contributed by atoms with Crippen LogP contribution < -0.4 is 5.32 Å².